The molecule has 1 atom stereocenters. The van der Waals surface area contributed by atoms with E-state index in [2.05, 4.69) is 21.2 Å². The third kappa shape index (κ3) is 2.80. The van der Waals surface area contributed by atoms with Crippen molar-refractivity contribution in [1.29, 1.82) is 0 Å². The minimum absolute atomic E-state index is 0.124. The number of methoxy groups -OCH3 is 1. The number of hydrogen-bond donors (Lipinski definition) is 1. The zero-order chi connectivity index (χ0) is 14.1. The quantitative estimate of drug-likeness (QED) is 0.910. The molecule has 1 aromatic rings. The zero-order valence-corrected chi connectivity index (χ0v) is 12.2. The molecule has 0 aliphatic rings. The Bertz CT molecular complexity index is 446. The maximum Gasteiger partial charge on any atom is 0.408 e. The third-order valence-electron chi connectivity index (χ3n) is 2.82. The van der Waals surface area contributed by atoms with E-state index in [-0.39, 0.29) is 11.3 Å². The van der Waals surface area contributed by atoms with Crippen molar-refractivity contribution >= 4 is 15.9 Å². The van der Waals surface area contributed by atoms with Gasteiger partial charge in [-0.15, -0.1) is 0 Å². The van der Waals surface area contributed by atoms with Crippen LogP contribution in [0.5, 0.6) is 5.75 Å². The topological polar surface area (TPSA) is 21.3 Å². The van der Waals surface area contributed by atoms with Crippen LogP contribution in [0.4, 0.5) is 13.2 Å². The molecule has 102 valence electrons. The van der Waals surface area contributed by atoms with E-state index in [4.69, 9.17) is 4.74 Å². The summed E-state index contributed by atoms with van der Waals surface area (Å²) >= 11 is 3.27. The standard InChI is InChI=1S/C12H15BrF3NO/c1-6-5-8(13)7(2)9(10(6)18-4)11(17-3)12(14,15)16/h5,11,17H,1-4H3. The molecule has 0 fully saturated rings. The lowest BCUT2D eigenvalue weighted by Gasteiger charge is -2.25. The van der Waals surface area contributed by atoms with E-state index in [1.165, 1.54) is 14.2 Å². The molecule has 1 unspecified atom stereocenters. The number of halogens is 4. The Morgan fingerprint density at radius 2 is 1.89 bits per heavy atom. The van der Waals surface area contributed by atoms with Crippen molar-refractivity contribution in [2.45, 2.75) is 26.1 Å². The van der Waals surface area contributed by atoms with Crippen molar-refractivity contribution in [2.75, 3.05) is 14.2 Å². The van der Waals surface area contributed by atoms with Crippen LogP contribution in [0.1, 0.15) is 22.7 Å². The van der Waals surface area contributed by atoms with Gasteiger partial charge in [0, 0.05) is 10.0 Å². The summed E-state index contributed by atoms with van der Waals surface area (Å²) in [6.45, 7) is 3.35. The van der Waals surface area contributed by atoms with Gasteiger partial charge in [-0.1, -0.05) is 15.9 Å². The Labute approximate surface area is 113 Å². The summed E-state index contributed by atoms with van der Waals surface area (Å²) in [5.41, 5.74) is 1.31. The molecular weight excluding hydrogens is 311 g/mol. The highest BCUT2D eigenvalue weighted by Gasteiger charge is 2.42. The van der Waals surface area contributed by atoms with Crippen LogP contribution in [-0.2, 0) is 0 Å². The Kier molecular flexibility index (Phi) is 4.66. The maximum absolute atomic E-state index is 13.0. The van der Waals surface area contributed by atoms with Gasteiger partial charge in [0.25, 0.3) is 0 Å². The van der Waals surface area contributed by atoms with E-state index in [0.717, 1.165) is 0 Å². The van der Waals surface area contributed by atoms with Crippen molar-refractivity contribution in [3.05, 3.63) is 27.2 Å². The van der Waals surface area contributed by atoms with Gasteiger partial charge in [-0.2, -0.15) is 13.2 Å². The lowest BCUT2D eigenvalue weighted by atomic mass is 9.97. The molecule has 1 rings (SSSR count). The van der Waals surface area contributed by atoms with Gasteiger partial charge in [0.15, 0.2) is 0 Å². The fourth-order valence-electron chi connectivity index (χ4n) is 1.97. The first-order valence-corrected chi connectivity index (χ1v) is 6.10. The second-order valence-corrected chi connectivity index (χ2v) is 4.86. The van der Waals surface area contributed by atoms with Crippen LogP contribution in [0.25, 0.3) is 0 Å². The molecule has 18 heavy (non-hydrogen) atoms. The number of nitrogens with one attached hydrogen (secondary N) is 1. The largest absolute Gasteiger partial charge is 0.496 e. The Morgan fingerprint density at radius 1 is 1.33 bits per heavy atom. The molecule has 1 aromatic carbocycles. The molecule has 1 N–H and O–H groups in total. The van der Waals surface area contributed by atoms with Gasteiger partial charge >= 0.3 is 6.18 Å². The summed E-state index contributed by atoms with van der Waals surface area (Å²) in [5, 5.41) is 2.30. The molecule has 0 heterocycles. The van der Waals surface area contributed by atoms with Gasteiger partial charge in [0.2, 0.25) is 0 Å². The van der Waals surface area contributed by atoms with Gasteiger partial charge in [-0.05, 0) is 38.1 Å². The third-order valence-corrected chi connectivity index (χ3v) is 3.64. The maximum atomic E-state index is 13.0. The van der Waals surface area contributed by atoms with E-state index >= 15 is 0 Å². The van der Waals surface area contributed by atoms with Gasteiger partial charge in [-0.25, -0.2) is 0 Å². The van der Waals surface area contributed by atoms with Gasteiger partial charge in [0.1, 0.15) is 11.8 Å². The normalized spacial score (nSPS) is 13.6. The summed E-state index contributed by atoms with van der Waals surface area (Å²) in [4.78, 5) is 0. The predicted molar refractivity (Wildman–Crippen MR) is 68.0 cm³/mol. The fourth-order valence-corrected chi connectivity index (χ4v) is 2.52. The summed E-state index contributed by atoms with van der Waals surface area (Å²) in [7, 11) is 2.66. The van der Waals surface area contributed by atoms with Gasteiger partial charge in [0.05, 0.1) is 7.11 Å². The minimum atomic E-state index is -4.37. The summed E-state index contributed by atoms with van der Waals surface area (Å²) < 4.78 is 44.9. The van der Waals surface area contributed by atoms with Crippen molar-refractivity contribution in [3.8, 4) is 5.75 Å². The van der Waals surface area contributed by atoms with Crippen LogP contribution in [0.3, 0.4) is 0 Å². The van der Waals surface area contributed by atoms with Crippen LogP contribution in [0.2, 0.25) is 0 Å². The van der Waals surface area contributed by atoms with E-state index < -0.39 is 12.2 Å². The fraction of sp³-hybridized carbons (Fsp3) is 0.500. The first kappa shape index (κ1) is 15.3. The summed E-state index contributed by atoms with van der Waals surface area (Å²) in [6, 6.07) is 0.00413. The second kappa shape index (κ2) is 5.48. The highest BCUT2D eigenvalue weighted by Crippen LogP contribution is 2.42. The molecule has 0 aliphatic carbocycles. The SMILES string of the molecule is CNC(c1c(C)c(Br)cc(C)c1OC)C(F)(F)F. The Balaban J connectivity index is 3.55. The molecule has 2 nitrogen and oxygen atoms in total. The molecule has 0 radical (unpaired) electrons. The molecule has 0 spiro atoms. The predicted octanol–water partition coefficient (Wildman–Crippen LogP) is 3.90. The Hall–Kier alpha value is -0.750. The molecule has 0 saturated heterocycles. The molecule has 0 bridgehead atoms. The summed E-state index contributed by atoms with van der Waals surface area (Å²) in [5.74, 6) is 0.271. The second-order valence-electron chi connectivity index (χ2n) is 4.01. The summed E-state index contributed by atoms with van der Waals surface area (Å²) in [6.07, 6.45) is -4.37. The first-order chi connectivity index (χ1) is 8.23. The molecule has 0 amide bonds. The molecule has 0 aliphatic heterocycles. The number of rotatable bonds is 3. The van der Waals surface area contributed by atoms with Crippen LogP contribution < -0.4 is 10.1 Å². The lowest BCUT2D eigenvalue weighted by molar-refractivity contribution is -0.156. The van der Waals surface area contributed by atoms with E-state index in [1.807, 2.05) is 0 Å². The van der Waals surface area contributed by atoms with Crippen molar-refractivity contribution < 1.29 is 17.9 Å². The lowest BCUT2D eigenvalue weighted by Crippen LogP contribution is -2.32. The van der Waals surface area contributed by atoms with Crippen LogP contribution >= 0.6 is 15.9 Å². The van der Waals surface area contributed by atoms with Crippen molar-refractivity contribution in [3.63, 3.8) is 0 Å². The average molecular weight is 326 g/mol. The number of hydrogen-bond acceptors (Lipinski definition) is 2. The number of alkyl halides is 3. The van der Waals surface area contributed by atoms with Crippen LogP contribution in [0, 0.1) is 13.8 Å². The van der Waals surface area contributed by atoms with E-state index in [1.54, 1.807) is 19.9 Å². The van der Waals surface area contributed by atoms with Gasteiger partial charge in [-0.3, -0.25) is 0 Å². The molecule has 6 heteroatoms. The highest BCUT2D eigenvalue weighted by atomic mass is 79.9. The molecule has 0 aromatic heterocycles. The molecular formula is C12H15BrF3NO. The average Bonchev–Trinajstić information content (AvgIpc) is 2.24. The number of benzene rings is 1. The van der Waals surface area contributed by atoms with Crippen LogP contribution in [0.15, 0.2) is 10.5 Å². The first-order valence-electron chi connectivity index (χ1n) is 5.31. The highest BCUT2D eigenvalue weighted by molar-refractivity contribution is 9.10. The molecule has 0 saturated carbocycles. The smallest absolute Gasteiger partial charge is 0.408 e. The number of ether oxygens (including phenoxy) is 1. The zero-order valence-electron chi connectivity index (χ0n) is 10.6. The minimum Gasteiger partial charge on any atom is -0.496 e. The van der Waals surface area contributed by atoms with Crippen molar-refractivity contribution in [2.24, 2.45) is 0 Å². The van der Waals surface area contributed by atoms with Crippen molar-refractivity contribution in [1.82, 2.24) is 5.32 Å². The number of aryl methyl sites for hydroxylation is 1. The van der Waals surface area contributed by atoms with E-state index in [9.17, 15) is 13.2 Å². The monoisotopic (exact) mass is 325 g/mol. The van der Waals surface area contributed by atoms with Crippen LogP contribution in [-0.4, -0.2) is 20.3 Å². The Morgan fingerprint density at radius 3 is 2.28 bits per heavy atom. The van der Waals surface area contributed by atoms with E-state index in [0.29, 0.717) is 15.6 Å². The van der Waals surface area contributed by atoms with Gasteiger partial charge < -0.3 is 10.1 Å².